The molecule has 2 fully saturated rings. The molecule has 0 heterocycles. The zero-order valence-electron chi connectivity index (χ0n) is 12.7. The van der Waals surface area contributed by atoms with Gasteiger partial charge in [-0.15, -0.1) is 0 Å². The summed E-state index contributed by atoms with van der Waals surface area (Å²) in [5, 5.41) is 0. The van der Waals surface area contributed by atoms with Crippen molar-refractivity contribution in [2.24, 2.45) is 17.8 Å². The average molecular weight is 266 g/mol. The number of Topliss-reactive ketones (excluding diaryl/α,β-unsaturated/α-hetero) is 1. The van der Waals surface area contributed by atoms with E-state index in [2.05, 4.69) is 6.92 Å². The van der Waals surface area contributed by atoms with Gasteiger partial charge in [0.15, 0.2) is 5.78 Å². The van der Waals surface area contributed by atoms with E-state index in [4.69, 9.17) is 4.74 Å². The van der Waals surface area contributed by atoms with Crippen LogP contribution in [-0.2, 0) is 9.53 Å². The van der Waals surface area contributed by atoms with Crippen molar-refractivity contribution in [3.63, 3.8) is 0 Å². The molecule has 0 aromatic rings. The fourth-order valence-corrected chi connectivity index (χ4v) is 4.13. The summed E-state index contributed by atoms with van der Waals surface area (Å²) in [4.78, 5) is 12.8. The topological polar surface area (TPSA) is 26.3 Å². The van der Waals surface area contributed by atoms with Gasteiger partial charge in [-0.3, -0.25) is 4.79 Å². The predicted octanol–water partition coefficient (Wildman–Crippen LogP) is 4.37. The molecule has 0 aliphatic heterocycles. The van der Waals surface area contributed by atoms with E-state index in [0.717, 1.165) is 18.8 Å². The summed E-state index contributed by atoms with van der Waals surface area (Å²) in [5.41, 5.74) is 0. The van der Waals surface area contributed by atoms with Crippen molar-refractivity contribution < 1.29 is 9.53 Å². The van der Waals surface area contributed by atoms with Crippen LogP contribution in [0.15, 0.2) is 0 Å². The van der Waals surface area contributed by atoms with Crippen molar-refractivity contribution in [1.82, 2.24) is 0 Å². The van der Waals surface area contributed by atoms with E-state index in [1.807, 2.05) is 0 Å². The second-order valence-electron chi connectivity index (χ2n) is 6.59. The molecule has 2 heteroatoms. The Labute approximate surface area is 118 Å². The molecule has 0 aromatic carbocycles. The highest BCUT2D eigenvalue weighted by atomic mass is 16.5. The molecule has 0 N–H and O–H groups in total. The fraction of sp³-hybridized carbons (Fsp3) is 0.941. The molecule has 2 saturated carbocycles. The minimum Gasteiger partial charge on any atom is -0.373 e. The second-order valence-corrected chi connectivity index (χ2v) is 6.59. The van der Waals surface area contributed by atoms with E-state index >= 15 is 0 Å². The molecule has 0 radical (unpaired) electrons. The van der Waals surface area contributed by atoms with Gasteiger partial charge in [0.05, 0.1) is 0 Å². The summed E-state index contributed by atoms with van der Waals surface area (Å²) < 4.78 is 5.62. The lowest BCUT2D eigenvalue weighted by Crippen LogP contribution is -2.38. The summed E-state index contributed by atoms with van der Waals surface area (Å²) >= 11 is 0. The lowest BCUT2D eigenvalue weighted by atomic mass is 9.74. The lowest BCUT2D eigenvalue weighted by molar-refractivity contribution is -0.138. The van der Waals surface area contributed by atoms with Gasteiger partial charge in [0.25, 0.3) is 0 Å². The van der Waals surface area contributed by atoms with Gasteiger partial charge >= 0.3 is 0 Å². The monoisotopic (exact) mass is 266 g/mol. The van der Waals surface area contributed by atoms with Crippen LogP contribution in [0, 0.1) is 17.8 Å². The Morgan fingerprint density at radius 2 is 1.84 bits per heavy atom. The van der Waals surface area contributed by atoms with E-state index < -0.39 is 0 Å². The van der Waals surface area contributed by atoms with E-state index in [-0.39, 0.29) is 12.0 Å². The molecule has 0 spiro atoms. The number of carbonyl (C=O) groups excluding carboxylic acids is 1. The van der Waals surface area contributed by atoms with Gasteiger partial charge in [-0.05, 0) is 37.5 Å². The van der Waals surface area contributed by atoms with Crippen molar-refractivity contribution in [3.05, 3.63) is 0 Å². The summed E-state index contributed by atoms with van der Waals surface area (Å²) in [6.45, 7) is 2.26. The predicted molar refractivity (Wildman–Crippen MR) is 78.1 cm³/mol. The third-order valence-corrected chi connectivity index (χ3v) is 5.37. The van der Waals surface area contributed by atoms with E-state index in [0.29, 0.717) is 11.7 Å². The molecule has 0 bridgehead atoms. The van der Waals surface area contributed by atoms with Crippen LogP contribution in [0.25, 0.3) is 0 Å². The molecular formula is C17H30O2. The molecule has 0 aromatic heterocycles. The molecule has 2 rings (SSSR count). The molecular weight excluding hydrogens is 236 g/mol. The van der Waals surface area contributed by atoms with Gasteiger partial charge in [0, 0.05) is 13.0 Å². The van der Waals surface area contributed by atoms with Crippen molar-refractivity contribution >= 4 is 5.78 Å². The van der Waals surface area contributed by atoms with E-state index in [1.54, 1.807) is 7.11 Å². The SMILES string of the molecule is CCC1CCCC(C(=O)C(OC)C2CCCCC2)C1. The fourth-order valence-electron chi connectivity index (χ4n) is 4.13. The van der Waals surface area contributed by atoms with Crippen molar-refractivity contribution in [1.29, 1.82) is 0 Å². The zero-order valence-corrected chi connectivity index (χ0v) is 12.7. The molecule has 0 saturated heterocycles. The van der Waals surface area contributed by atoms with E-state index in [1.165, 1.54) is 51.4 Å². The lowest BCUT2D eigenvalue weighted by Gasteiger charge is -2.33. The van der Waals surface area contributed by atoms with Crippen LogP contribution in [0.1, 0.15) is 71.1 Å². The van der Waals surface area contributed by atoms with Gasteiger partial charge < -0.3 is 4.74 Å². The number of hydrogen-bond acceptors (Lipinski definition) is 2. The summed E-state index contributed by atoms with van der Waals surface area (Å²) in [7, 11) is 1.73. The van der Waals surface area contributed by atoms with Gasteiger partial charge in [0.1, 0.15) is 6.10 Å². The van der Waals surface area contributed by atoms with E-state index in [9.17, 15) is 4.79 Å². The van der Waals surface area contributed by atoms with Gasteiger partial charge in [-0.1, -0.05) is 45.4 Å². The van der Waals surface area contributed by atoms with Crippen LogP contribution < -0.4 is 0 Å². The maximum atomic E-state index is 12.8. The first kappa shape index (κ1) is 15.0. The van der Waals surface area contributed by atoms with Crippen LogP contribution >= 0.6 is 0 Å². The van der Waals surface area contributed by atoms with Gasteiger partial charge in [-0.25, -0.2) is 0 Å². The summed E-state index contributed by atoms with van der Waals surface area (Å²) in [6, 6.07) is 0. The molecule has 110 valence electrons. The molecule has 19 heavy (non-hydrogen) atoms. The number of rotatable bonds is 5. The molecule has 2 aliphatic rings. The highest BCUT2D eigenvalue weighted by Crippen LogP contribution is 2.35. The third kappa shape index (κ3) is 3.81. The Morgan fingerprint density at radius 1 is 1.11 bits per heavy atom. The Bertz CT molecular complexity index is 281. The van der Waals surface area contributed by atoms with Crippen molar-refractivity contribution in [2.45, 2.75) is 77.2 Å². The number of ketones is 1. The summed E-state index contributed by atoms with van der Waals surface area (Å²) in [6.07, 6.45) is 12.2. The highest BCUT2D eigenvalue weighted by molar-refractivity contribution is 5.85. The maximum absolute atomic E-state index is 12.8. The standard InChI is InChI=1S/C17H30O2/c1-3-13-8-7-11-15(12-13)16(18)17(19-2)14-9-5-4-6-10-14/h13-15,17H,3-12H2,1-2H3. The zero-order chi connectivity index (χ0) is 13.7. The minimum atomic E-state index is -0.110. The largest absolute Gasteiger partial charge is 0.373 e. The smallest absolute Gasteiger partial charge is 0.164 e. The Kier molecular flexibility index (Phi) is 5.87. The number of carbonyl (C=O) groups is 1. The van der Waals surface area contributed by atoms with Crippen molar-refractivity contribution in [2.75, 3.05) is 7.11 Å². The van der Waals surface area contributed by atoms with Crippen LogP contribution in [-0.4, -0.2) is 19.0 Å². The maximum Gasteiger partial charge on any atom is 0.164 e. The number of ether oxygens (including phenoxy) is 1. The number of methoxy groups -OCH3 is 1. The molecule has 2 nitrogen and oxygen atoms in total. The Hall–Kier alpha value is -0.370. The first-order valence-corrected chi connectivity index (χ1v) is 8.32. The van der Waals surface area contributed by atoms with Crippen LogP contribution in [0.4, 0.5) is 0 Å². The normalized spacial score (nSPS) is 31.1. The minimum absolute atomic E-state index is 0.110. The average Bonchev–Trinajstić information content (AvgIpc) is 2.49. The molecule has 3 atom stereocenters. The highest BCUT2D eigenvalue weighted by Gasteiger charge is 2.35. The summed E-state index contributed by atoms with van der Waals surface area (Å²) in [5.74, 6) is 1.97. The molecule has 0 amide bonds. The van der Waals surface area contributed by atoms with Crippen LogP contribution in [0.3, 0.4) is 0 Å². The van der Waals surface area contributed by atoms with Crippen LogP contribution in [0.5, 0.6) is 0 Å². The van der Waals surface area contributed by atoms with Gasteiger partial charge in [-0.2, -0.15) is 0 Å². The first-order chi connectivity index (χ1) is 9.26. The number of hydrogen-bond donors (Lipinski definition) is 0. The molecule has 3 unspecified atom stereocenters. The second kappa shape index (κ2) is 7.42. The third-order valence-electron chi connectivity index (χ3n) is 5.37. The Morgan fingerprint density at radius 3 is 2.47 bits per heavy atom. The van der Waals surface area contributed by atoms with Crippen molar-refractivity contribution in [3.8, 4) is 0 Å². The molecule has 2 aliphatic carbocycles. The first-order valence-electron chi connectivity index (χ1n) is 8.32. The quantitative estimate of drug-likeness (QED) is 0.738. The Balaban J connectivity index is 1.95. The van der Waals surface area contributed by atoms with Gasteiger partial charge in [0.2, 0.25) is 0 Å². The van der Waals surface area contributed by atoms with Crippen LogP contribution in [0.2, 0.25) is 0 Å².